The van der Waals surface area contributed by atoms with E-state index >= 15 is 0 Å². The normalized spacial score (nSPS) is 21.4. The first-order valence-corrected chi connectivity index (χ1v) is 10.8. The first kappa shape index (κ1) is 23.0. The second kappa shape index (κ2) is 9.01. The van der Waals surface area contributed by atoms with E-state index < -0.39 is 23.3 Å². The molecule has 0 saturated carbocycles. The highest BCUT2D eigenvalue weighted by atomic mass is 16.6. The summed E-state index contributed by atoms with van der Waals surface area (Å²) in [5, 5.41) is 11.1. The quantitative estimate of drug-likeness (QED) is 0.160. The number of hydrogen-bond donors (Lipinski definition) is 0. The number of nitro groups is 1. The van der Waals surface area contributed by atoms with Crippen molar-refractivity contribution in [1.82, 2.24) is 0 Å². The zero-order valence-electron chi connectivity index (χ0n) is 18.6. The van der Waals surface area contributed by atoms with Gasteiger partial charge in [-0.25, -0.2) is 4.79 Å². The minimum absolute atomic E-state index is 0.0260. The van der Waals surface area contributed by atoms with Crippen molar-refractivity contribution >= 4 is 34.9 Å². The maximum absolute atomic E-state index is 12.9. The van der Waals surface area contributed by atoms with Gasteiger partial charge in [0.2, 0.25) is 17.6 Å². The molecular weight excluding hydrogens is 440 g/mol. The summed E-state index contributed by atoms with van der Waals surface area (Å²) in [6, 6.07) is 9.87. The number of carbonyl (C=O) groups is 4. The predicted octanol–water partition coefficient (Wildman–Crippen LogP) is 3.64. The fourth-order valence-electron chi connectivity index (χ4n) is 4.43. The van der Waals surface area contributed by atoms with Gasteiger partial charge in [0, 0.05) is 17.2 Å². The zero-order chi connectivity index (χ0) is 24.6. The minimum atomic E-state index is -0.771. The molecule has 2 aliphatic rings. The molecule has 2 aromatic rings. The van der Waals surface area contributed by atoms with E-state index in [2.05, 4.69) is 0 Å². The first-order valence-electron chi connectivity index (χ1n) is 10.8. The van der Waals surface area contributed by atoms with E-state index in [0.29, 0.717) is 17.7 Å². The number of benzene rings is 2. The van der Waals surface area contributed by atoms with E-state index in [1.807, 2.05) is 19.1 Å². The van der Waals surface area contributed by atoms with E-state index in [1.54, 1.807) is 6.92 Å². The van der Waals surface area contributed by atoms with Crippen LogP contribution in [0.5, 0.6) is 0 Å². The number of amides is 2. The predicted molar refractivity (Wildman–Crippen MR) is 121 cm³/mol. The van der Waals surface area contributed by atoms with Crippen molar-refractivity contribution in [3.8, 4) is 0 Å². The average Bonchev–Trinajstić information content (AvgIpc) is 3.08. The third-order valence-corrected chi connectivity index (χ3v) is 6.30. The largest absolute Gasteiger partial charge is 0.454 e. The molecule has 1 saturated heterocycles. The van der Waals surface area contributed by atoms with Gasteiger partial charge in [-0.3, -0.25) is 29.4 Å². The third-order valence-electron chi connectivity index (χ3n) is 6.30. The smallest absolute Gasteiger partial charge is 0.338 e. The number of aryl methyl sites for hydroxylation is 1. The number of fused-ring (bicyclic) bond motifs is 1. The monoisotopic (exact) mass is 462 g/mol. The number of allylic oxidation sites excluding steroid dienone is 2. The molecule has 1 aliphatic carbocycles. The van der Waals surface area contributed by atoms with Crippen LogP contribution in [0.4, 0.5) is 11.4 Å². The van der Waals surface area contributed by atoms with E-state index in [1.165, 1.54) is 41.3 Å². The van der Waals surface area contributed by atoms with Crippen LogP contribution in [0.3, 0.4) is 0 Å². The fraction of sp³-hybridized carbons (Fsp3) is 0.280. The molecule has 174 valence electrons. The number of nitro benzene ring substituents is 1. The van der Waals surface area contributed by atoms with Crippen molar-refractivity contribution < 1.29 is 28.8 Å². The van der Waals surface area contributed by atoms with Crippen molar-refractivity contribution in [1.29, 1.82) is 0 Å². The van der Waals surface area contributed by atoms with Gasteiger partial charge in [0.1, 0.15) is 0 Å². The van der Waals surface area contributed by atoms with E-state index in [-0.39, 0.29) is 46.4 Å². The topological polar surface area (TPSA) is 124 Å². The Balaban J connectivity index is 1.42. The maximum atomic E-state index is 12.9. The number of anilines is 1. The summed E-state index contributed by atoms with van der Waals surface area (Å²) in [6.45, 7) is 2.89. The Kier molecular flexibility index (Phi) is 6.10. The van der Waals surface area contributed by atoms with Crippen molar-refractivity contribution in [2.75, 3.05) is 11.5 Å². The van der Waals surface area contributed by atoms with Gasteiger partial charge in [-0.1, -0.05) is 31.2 Å². The Bertz CT molecular complexity index is 1230. The van der Waals surface area contributed by atoms with Gasteiger partial charge in [0.05, 0.1) is 28.0 Å². The molecule has 34 heavy (non-hydrogen) atoms. The Labute approximate surface area is 195 Å². The highest BCUT2D eigenvalue weighted by molar-refractivity contribution is 6.22. The lowest BCUT2D eigenvalue weighted by atomic mass is 9.78. The summed E-state index contributed by atoms with van der Waals surface area (Å²) >= 11 is 0. The number of ether oxygens (including phenoxy) is 1. The van der Waals surface area contributed by atoms with Crippen molar-refractivity contribution in [3.63, 3.8) is 0 Å². The molecule has 0 N–H and O–H groups in total. The summed E-state index contributed by atoms with van der Waals surface area (Å²) < 4.78 is 5.06. The molecule has 1 heterocycles. The number of ketones is 1. The summed E-state index contributed by atoms with van der Waals surface area (Å²) in [5.74, 6) is -2.63. The average molecular weight is 462 g/mol. The number of imide groups is 1. The molecule has 0 spiro atoms. The number of esters is 1. The molecule has 2 amide bonds. The van der Waals surface area contributed by atoms with Crippen LogP contribution in [0, 0.1) is 34.8 Å². The van der Waals surface area contributed by atoms with Crippen LogP contribution in [-0.4, -0.2) is 35.1 Å². The molecule has 3 atom stereocenters. The second-order valence-electron chi connectivity index (χ2n) is 8.47. The summed E-state index contributed by atoms with van der Waals surface area (Å²) in [4.78, 5) is 62.1. The molecule has 0 radical (unpaired) electrons. The lowest BCUT2D eigenvalue weighted by molar-refractivity contribution is -0.385. The van der Waals surface area contributed by atoms with Crippen molar-refractivity contribution in [3.05, 3.63) is 81.4 Å². The van der Waals surface area contributed by atoms with Crippen LogP contribution in [0.15, 0.2) is 54.6 Å². The Hall–Kier alpha value is -4.14. The van der Waals surface area contributed by atoms with Gasteiger partial charge in [-0.2, -0.15) is 0 Å². The number of carbonyl (C=O) groups excluding carboxylic acids is 4. The van der Waals surface area contributed by atoms with Crippen LogP contribution in [0.1, 0.15) is 39.6 Å². The van der Waals surface area contributed by atoms with Crippen LogP contribution in [-0.2, 0) is 14.3 Å². The number of rotatable bonds is 6. The van der Waals surface area contributed by atoms with Gasteiger partial charge in [-0.05, 0) is 43.5 Å². The summed E-state index contributed by atoms with van der Waals surface area (Å²) in [5.41, 5.74) is 0.799. The minimum Gasteiger partial charge on any atom is -0.454 e. The highest BCUT2D eigenvalue weighted by Gasteiger charge is 2.50. The molecule has 2 aromatic carbocycles. The Morgan fingerprint density at radius 3 is 2.41 bits per heavy atom. The molecule has 9 heteroatoms. The van der Waals surface area contributed by atoms with Gasteiger partial charge < -0.3 is 4.74 Å². The van der Waals surface area contributed by atoms with Gasteiger partial charge in [-0.15, -0.1) is 0 Å². The molecule has 0 bridgehead atoms. The van der Waals surface area contributed by atoms with Crippen molar-refractivity contribution in [2.24, 2.45) is 17.8 Å². The molecule has 4 rings (SSSR count). The number of nitrogens with zero attached hydrogens (tertiary/aromatic N) is 2. The third kappa shape index (κ3) is 4.12. The Morgan fingerprint density at radius 2 is 1.76 bits per heavy atom. The van der Waals surface area contributed by atoms with E-state index in [9.17, 15) is 29.3 Å². The number of Topliss-reactive ketones (excluding diaryl/α,β-unsaturated/α-hetero) is 1. The molecule has 1 fully saturated rings. The van der Waals surface area contributed by atoms with Crippen LogP contribution < -0.4 is 4.90 Å². The molecule has 3 unspecified atom stereocenters. The standard InChI is InChI=1S/C25H22N2O7/c1-14-6-7-17(12-20(14)27(32)33)21(28)13-34-25(31)16-8-10-18(11-9-16)26-23(29)19-5-3-4-15(2)22(19)24(26)30/h3-4,6-12,15,19,22H,5,13H2,1-2H3. The molecule has 9 nitrogen and oxygen atoms in total. The van der Waals surface area contributed by atoms with Crippen LogP contribution >= 0.6 is 0 Å². The SMILES string of the molecule is Cc1ccc(C(=O)COC(=O)c2ccc(N3C(=O)C4CC=CC(C)C4C3=O)cc2)cc1[N+](=O)[O-]. The summed E-state index contributed by atoms with van der Waals surface area (Å²) in [7, 11) is 0. The first-order chi connectivity index (χ1) is 16.2. The zero-order valence-corrected chi connectivity index (χ0v) is 18.6. The van der Waals surface area contributed by atoms with Gasteiger partial charge in [0.15, 0.2) is 6.61 Å². The van der Waals surface area contributed by atoms with Crippen LogP contribution in [0.2, 0.25) is 0 Å². The lowest BCUT2D eigenvalue weighted by Crippen LogP contribution is -2.31. The number of hydrogen-bond acceptors (Lipinski definition) is 7. The van der Waals surface area contributed by atoms with Gasteiger partial charge in [0.25, 0.3) is 5.69 Å². The van der Waals surface area contributed by atoms with E-state index in [0.717, 1.165) is 6.07 Å². The lowest BCUT2D eigenvalue weighted by Gasteiger charge is -2.22. The van der Waals surface area contributed by atoms with Crippen LogP contribution in [0.25, 0.3) is 0 Å². The molecule has 1 aliphatic heterocycles. The summed E-state index contributed by atoms with van der Waals surface area (Å²) in [6.07, 6.45) is 4.40. The Morgan fingerprint density at radius 1 is 1.09 bits per heavy atom. The van der Waals surface area contributed by atoms with E-state index in [4.69, 9.17) is 4.74 Å². The second-order valence-corrected chi connectivity index (χ2v) is 8.47. The maximum Gasteiger partial charge on any atom is 0.338 e. The van der Waals surface area contributed by atoms with Crippen molar-refractivity contribution in [2.45, 2.75) is 20.3 Å². The highest BCUT2D eigenvalue weighted by Crippen LogP contribution is 2.40. The molecule has 0 aromatic heterocycles. The van der Waals surface area contributed by atoms with Gasteiger partial charge >= 0.3 is 5.97 Å². The fourth-order valence-corrected chi connectivity index (χ4v) is 4.43. The molecular formula is C25H22N2O7.